The SMILES string of the molecule is CC(=O)OC(C)(C)C.N#Cc1nn(CC(=O)O)c2ccc(OCc3ncccn3)cc12. The van der Waals surface area contributed by atoms with Gasteiger partial charge in [0.1, 0.15) is 30.6 Å². The van der Waals surface area contributed by atoms with Crippen LogP contribution in [0.4, 0.5) is 0 Å². The fraction of sp³-hybridized carbons (Fsp3) is 0.333. The number of carboxylic acid groups (broad SMARTS) is 1. The van der Waals surface area contributed by atoms with Crippen LogP contribution in [-0.4, -0.2) is 42.4 Å². The van der Waals surface area contributed by atoms with E-state index < -0.39 is 5.97 Å². The lowest BCUT2D eigenvalue weighted by Crippen LogP contribution is -2.21. The van der Waals surface area contributed by atoms with E-state index >= 15 is 0 Å². The van der Waals surface area contributed by atoms with Gasteiger partial charge in [-0.1, -0.05) is 0 Å². The zero-order valence-electron chi connectivity index (χ0n) is 17.7. The first-order chi connectivity index (χ1) is 14.6. The van der Waals surface area contributed by atoms with Crippen molar-refractivity contribution in [3.63, 3.8) is 0 Å². The smallest absolute Gasteiger partial charge is 0.325 e. The molecule has 0 aliphatic carbocycles. The molecule has 0 amide bonds. The molecule has 1 aromatic carbocycles. The van der Waals surface area contributed by atoms with Crippen LogP contribution in [0.25, 0.3) is 10.9 Å². The Labute approximate surface area is 179 Å². The first-order valence-corrected chi connectivity index (χ1v) is 9.30. The molecule has 0 spiro atoms. The number of aliphatic carboxylic acids is 1. The Morgan fingerprint density at radius 2 is 1.90 bits per heavy atom. The average molecular weight is 425 g/mol. The van der Waals surface area contributed by atoms with Crippen molar-refractivity contribution in [1.82, 2.24) is 19.7 Å². The molecule has 10 heteroatoms. The number of carbonyl (C=O) groups excluding carboxylic acids is 1. The molecule has 2 aromatic heterocycles. The maximum absolute atomic E-state index is 10.9. The summed E-state index contributed by atoms with van der Waals surface area (Å²) in [6.07, 6.45) is 3.25. The van der Waals surface area contributed by atoms with Crippen LogP contribution in [0.5, 0.6) is 5.75 Å². The summed E-state index contributed by atoms with van der Waals surface area (Å²) >= 11 is 0. The summed E-state index contributed by atoms with van der Waals surface area (Å²) in [5.74, 6) is -0.191. The summed E-state index contributed by atoms with van der Waals surface area (Å²) < 4.78 is 11.7. The molecule has 3 aromatic rings. The summed E-state index contributed by atoms with van der Waals surface area (Å²) in [6.45, 7) is 6.82. The summed E-state index contributed by atoms with van der Waals surface area (Å²) in [5, 5.41) is 22.6. The number of rotatable bonds is 5. The van der Waals surface area contributed by atoms with E-state index in [2.05, 4.69) is 15.1 Å². The van der Waals surface area contributed by atoms with Crippen LogP contribution < -0.4 is 4.74 Å². The molecular formula is C21H23N5O5. The molecule has 0 unspecified atom stereocenters. The van der Waals surface area contributed by atoms with E-state index in [1.54, 1.807) is 36.7 Å². The zero-order chi connectivity index (χ0) is 23.0. The second-order valence-corrected chi connectivity index (χ2v) is 7.35. The van der Waals surface area contributed by atoms with Gasteiger partial charge in [0, 0.05) is 24.7 Å². The molecule has 0 bridgehead atoms. The zero-order valence-corrected chi connectivity index (χ0v) is 17.7. The molecule has 0 aliphatic rings. The summed E-state index contributed by atoms with van der Waals surface area (Å²) in [7, 11) is 0. The first-order valence-electron chi connectivity index (χ1n) is 9.30. The Morgan fingerprint density at radius 1 is 1.23 bits per heavy atom. The predicted octanol–water partition coefficient (Wildman–Crippen LogP) is 2.71. The highest BCUT2D eigenvalue weighted by Crippen LogP contribution is 2.24. The van der Waals surface area contributed by atoms with Gasteiger partial charge in [-0.05, 0) is 45.0 Å². The molecule has 1 N–H and O–H groups in total. The summed E-state index contributed by atoms with van der Waals surface area (Å²) in [4.78, 5) is 29.2. The van der Waals surface area contributed by atoms with Gasteiger partial charge < -0.3 is 14.6 Å². The lowest BCUT2D eigenvalue weighted by atomic mass is 10.2. The van der Waals surface area contributed by atoms with Crippen molar-refractivity contribution < 1.29 is 24.2 Å². The second kappa shape index (κ2) is 10.2. The van der Waals surface area contributed by atoms with E-state index in [0.29, 0.717) is 22.5 Å². The quantitative estimate of drug-likeness (QED) is 0.611. The molecule has 0 atom stereocenters. The normalized spacial score (nSPS) is 10.5. The molecule has 0 aliphatic heterocycles. The average Bonchev–Trinajstić information content (AvgIpc) is 3.02. The third-order valence-corrected chi connectivity index (χ3v) is 3.55. The van der Waals surface area contributed by atoms with Crippen molar-refractivity contribution in [2.45, 2.75) is 46.4 Å². The molecule has 0 fully saturated rings. The van der Waals surface area contributed by atoms with Crippen molar-refractivity contribution in [2.24, 2.45) is 0 Å². The Balaban J connectivity index is 0.000000366. The van der Waals surface area contributed by atoms with Crippen LogP contribution in [0.15, 0.2) is 36.7 Å². The monoisotopic (exact) mass is 425 g/mol. The number of nitrogens with zero attached hydrogens (tertiary/aromatic N) is 5. The van der Waals surface area contributed by atoms with E-state index in [-0.39, 0.29) is 30.4 Å². The van der Waals surface area contributed by atoms with Gasteiger partial charge in [0.2, 0.25) is 0 Å². The number of aromatic nitrogens is 4. The van der Waals surface area contributed by atoms with Crippen LogP contribution >= 0.6 is 0 Å². The van der Waals surface area contributed by atoms with Gasteiger partial charge in [0.15, 0.2) is 11.5 Å². The second-order valence-electron chi connectivity index (χ2n) is 7.35. The minimum absolute atomic E-state index is 0.155. The molecular weight excluding hydrogens is 402 g/mol. The van der Waals surface area contributed by atoms with Gasteiger partial charge in [-0.15, -0.1) is 0 Å². The van der Waals surface area contributed by atoms with Crippen molar-refractivity contribution in [1.29, 1.82) is 5.26 Å². The van der Waals surface area contributed by atoms with Crippen LogP contribution in [0.3, 0.4) is 0 Å². The standard InChI is InChI=1S/C15H11N5O3.C6H12O2/c16-7-12-11-6-10(23-9-14-17-4-1-5-18-14)2-3-13(11)20(19-12)8-15(21)22;1-5(7)8-6(2,3)4/h1-6H,8-9H2,(H,21,22);1-4H3. The molecule has 0 saturated carbocycles. The highest BCUT2D eigenvalue weighted by molar-refractivity contribution is 5.86. The van der Waals surface area contributed by atoms with Crippen LogP contribution in [0.2, 0.25) is 0 Å². The largest absolute Gasteiger partial charge is 0.486 e. The van der Waals surface area contributed by atoms with Crippen LogP contribution in [-0.2, 0) is 27.5 Å². The third kappa shape index (κ3) is 7.40. The molecule has 2 heterocycles. The Morgan fingerprint density at radius 3 is 2.42 bits per heavy atom. The molecule has 162 valence electrons. The minimum Gasteiger partial charge on any atom is -0.486 e. The van der Waals surface area contributed by atoms with Crippen molar-refractivity contribution >= 4 is 22.8 Å². The fourth-order valence-corrected chi connectivity index (χ4v) is 2.56. The van der Waals surface area contributed by atoms with Crippen molar-refractivity contribution in [3.8, 4) is 11.8 Å². The maximum atomic E-state index is 10.9. The highest BCUT2D eigenvalue weighted by Gasteiger charge is 2.14. The number of fused-ring (bicyclic) bond motifs is 1. The van der Waals surface area contributed by atoms with Crippen LogP contribution in [0, 0.1) is 11.3 Å². The van der Waals surface area contributed by atoms with Crippen molar-refractivity contribution in [2.75, 3.05) is 0 Å². The number of hydrogen-bond acceptors (Lipinski definition) is 8. The van der Waals surface area contributed by atoms with Crippen LogP contribution in [0.1, 0.15) is 39.2 Å². The van der Waals surface area contributed by atoms with E-state index in [9.17, 15) is 9.59 Å². The predicted molar refractivity (Wildman–Crippen MR) is 110 cm³/mol. The fourth-order valence-electron chi connectivity index (χ4n) is 2.56. The Bertz CT molecular complexity index is 1100. The number of ether oxygens (including phenoxy) is 2. The third-order valence-electron chi connectivity index (χ3n) is 3.55. The number of carbonyl (C=O) groups is 2. The lowest BCUT2D eigenvalue weighted by molar-refractivity contribution is -0.151. The van der Waals surface area contributed by atoms with Gasteiger partial charge >= 0.3 is 11.9 Å². The number of carboxylic acids is 1. The Kier molecular flexibility index (Phi) is 7.63. The number of nitriles is 1. The molecule has 31 heavy (non-hydrogen) atoms. The topological polar surface area (TPSA) is 140 Å². The Hall–Kier alpha value is -4.00. The van der Waals surface area contributed by atoms with Crippen molar-refractivity contribution in [3.05, 3.63) is 48.2 Å². The van der Waals surface area contributed by atoms with Gasteiger partial charge in [-0.3, -0.25) is 14.3 Å². The minimum atomic E-state index is -1.03. The van der Waals surface area contributed by atoms with E-state index in [1.165, 1.54) is 11.6 Å². The van der Waals surface area contributed by atoms with E-state index in [0.717, 1.165) is 0 Å². The number of hydrogen-bond donors (Lipinski definition) is 1. The summed E-state index contributed by atoms with van der Waals surface area (Å²) in [5.41, 5.74) is 0.390. The van der Waals surface area contributed by atoms with E-state index in [1.807, 2.05) is 26.8 Å². The molecule has 0 radical (unpaired) electrons. The van der Waals surface area contributed by atoms with Gasteiger partial charge in [0.05, 0.1) is 5.52 Å². The maximum Gasteiger partial charge on any atom is 0.325 e. The van der Waals surface area contributed by atoms with Gasteiger partial charge in [-0.25, -0.2) is 9.97 Å². The molecule has 0 saturated heterocycles. The van der Waals surface area contributed by atoms with Gasteiger partial charge in [0.25, 0.3) is 0 Å². The van der Waals surface area contributed by atoms with E-state index in [4.69, 9.17) is 19.8 Å². The highest BCUT2D eigenvalue weighted by atomic mass is 16.6. The molecule has 10 nitrogen and oxygen atoms in total. The first kappa shape index (κ1) is 23.3. The molecule has 3 rings (SSSR count). The lowest BCUT2D eigenvalue weighted by Gasteiger charge is -2.17. The van der Waals surface area contributed by atoms with Gasteiger partial charge in [-0.2, -0.15) is 10.4 Å². The number of benzene rings is 1. The number of esters is 1. The summed E-state index contributed by atoms with van der Waals surface area (Å²) in [6, 6.07) is 8.69.